The molecule has 2 fully saturated rings. The van der Waals surface area contributed by atoms with Crippen molar-refractivity contribution in [3.05, 3.63) is 0 Å². The lowest BCUT2D eigenvalue weighted by Crippen LogP contribution is -2.54. The number of nitrogens with two attached hydrogens (primary N) is 1. The van der Waals surface area contributed by atoms with Crippen molar-refractivity contribution in [2.24, 2.45) is 23.5 Å². The van der Waals surface area contributed by atoms with Crippen LogP contribution in [0.2, 0.25) is 0 Å². The summed E-state index contributed by atoms with van der Waals surface area (Å²) in [6, 6.07) is 0. The van der Waals surface area contributed by atoms with Gasteiger partial charge in [-0.15, -0.1) is 0 Å². The third kappa shape index (κ3) is 3.21. The zero-order chi connectivity index (χ0) is 12.5. The summed E-state index contributed by atoms with van der Waals surface area (Å²) in [6.07, 6.45) is 7.35. The number of hydrogen-bond donors (Lipinski definition) is 2. The molecule has 0 heterocycles. The van der Waals surface area contributed by atoms with Crippen LogP contribution in [0.4, 0.5) is 0 Å². The van der Waals surface area contributed by atoms with E-state index in [1.54, 1.807) is 0 Å². The smallest absolute Gasteiger partial charge is 0.240 e. The van der Waals surface area contributed by atoms with Gasteiger partial charge in [-0.1, -0.05) is 19.8 Å². The van der Waals surface area contributed by atoms with Gasteiger partial charge in [-0.2, -0.15) is 0 Å². The molecule has 2 saturated carbocycles. The summed E-state index contributed by atoms with van der Waals surface area (Å²) in [7, 11) is 0. The van der Waals surface area contributed by atoms with Crippen molar-refractivity contribution in [1.29, 1.82) is 0 Å². The Morgan fingerprint density at radius 3 is 2.35 bits per heavy atom. The van der Waals surface area contributed by atoms with Gasteiger partial charge in [-0.3, -0.25) is 4.79 Å². The minimum atomic E-state index is -0.637. The van der Waals surface area contributed by atoms with Crippen LogP contribution in [0.25, 0.3) is 0 Å². The molecule has 0 aromatic carbocycles. The van der Waals surface area contributed by atoms with E-state index in [0.29, 0.717) is 11.8 Å². The van der Waals surface area contributed by atoms with E-state index in [9.17, 15) is 4.79 Å². The molecule has 1 unspecified atom stereocenters. The summed E-state index contributed by atoms with van der Waals surface area (Å²) in [6.45, 7) is 5.02. The first kappa shape index (κ1) is 12.9. The molecule has 0 bridgehead atoms. The monoisotopic (exact) mass is 238 g/mol. The van der Waals surface area contributed by atoms with Gasteiger partial charge in [0.05, 0.1) is 5.54 Å². The first-order chi connectivity index (χ1) is 8.00. The average Bonchev–Trinajstić information content (AvgIpc) is 3.11. The molecule has 0 radical (unpaired) electrons. The van der Waals surface area contributed by atoms with Crippen LogP contribution in [0.3, 0.4) is 0 Å². The van der Waals surface area contributed by atoms with Crippen molar-refractivity contribution < 1.29 is 4.79 Å². The molecule has 2 rings (SSSR count). The zero-order valence-electron chi connectivity index (χ0n) is 11.2. The highest BCUT2D eigenvalue weighted by Gasteiger charge is 2.44. The highest BCUT2D eigenvalue weighted by Crippen LogP contribution is 2.38. The summed E-state index contributed by atoms with van der Waals surface area (Å²) in [4.78, 5) is 12.0. The molecule has 3 N–H and O–H groups in total. The minimum absolute atomic E-state index is 0.0543. The minimum Gasteiger partial charge on any atom is -0.354 e. The second kappa shape index (κ2) is 4.97. The number of carbonyl (C=O) groups excluding carboxylic acids is 1. The van der Waals surface area contributed by atoms with Crippen molar-refractivity contribution in [3.8, 4) is 0 Å². The van der Waals surface area contributed by atoms with Crippen molar-refractivity contribution in [2.45, 2.75) is 57.9 Å². The molecule has 0 aromatic rings. The Morgan fingerprint density at radius 2 is 1.82 bits per heavy atom. The molecule has 0 spiro atoms. The Morgan fingerprint density at radius 1 is 1.24 bits per heavy atom. The van der Waals surface area contributed by atoms with Crippen LogP contribution in [0, 0.1) is 17.8 Å². The second-order valence-corrected chi connectivity index (χ2v) is 6.39. The highest BCUT2D eigenvalue weighted by molar-refractivity contribution is 5.86. The van der Waals surface area contributed by atoms with Crippen molar-refractivity contribution in [2.75, 3.05) is 6.54 Å². The molecular weight excluding hydrogens is 212 g/mol. The number of rotatable bonds is 4. The molecular formula is C14H26N2O. The van der Waals surface area contributed by atoms with Gasteiger partial charge in [0.1, 0.15) is 0 Å². The number of carbonyl (C=O) groups is 1. The van der Waals surface area contributed by atoms with Gasteiger partial charge in [0.25, 0.3) is 0 Å². The SMILES string of the molecule is CC1CCC(CNC(=O)C(C)(N)C2CC2)CC1. The lowest BCUT2D eigenvalue weighted by atomic mass is 9.83. The Kier molecular flexibility index (Phi) is 3.76. The summed E-state index contributed by atoms with van der Waals surface area (Å²) < 4.78 is 0. The first-order valence-electron chi connectivity index (χ1n) is 7.07. The van der Waals surface area contributed by atoms with Gasteiger partial charge in [0.15, 0.2) is 0 Å². The molecule has 0 aromatic heterocycles. The Labute approximate surface area is 105 Å². The summed E-state index contributed by atoms with van der Waals surface area (Å²) in [5.74, 6) is 2.01. The normalized spacial score (nSPS) is 32.9. The van der Waals surface area contributed by atoms with Gasteiger partial charge >= 0.3 is 0 Å². The Hall–Kier alpha value is -0.570. The maximum atomic E-state index is 12.0. The van der Waals surface area contributed by atoms with Crippen LogP contribution in [0.15, 0.2) is 0 Å². The quantitative estimate of drug-likeness (QED) is 0.787. The van der Waals surface area contributed by atoms with Crippen molar-refractivity contribution in [1.82, 2.24) is 5.32 Å². The van der Waals surface area contributed by atoms with Crippen molar-refractivity contribution in [3.63, 3.8) is 0 Å². The summed E-state index contributed by atoms with van der Waals surface area (Å²) >= 11 is 0. The van der Waals surface area contributed by atoms with Gasteiger partial charge in [-0.25, -0.2) is 0 Å². The molecule has 17 heavy (non-hydrogen) atoms. The lowest BCUT2D eigenvalue weighted by molar-refractivity contribution is -0.126. The van der Waals surface area contributed by atoms with Crippen LogP contribution in [-0.4, -0.2) is 18.0 Å². The van der Waals surface area contributed by atoms with E-state index in [0.717, 1.165) is 25.3 Å². The van der Waals surface area contributed by atoms with Gasteiger partial charge < -0.3 is 11.1 Å². The largest absolute Gasteiger partial charge is 0.354 e. The van der Waals surface area contributed by atoms with Crippen LogP contribution in [0.5, 0.6) is 0 Å². The molecule has 2 aliphatic carbocycles. The van der Waals surface area contributed by atoms with Gasteiger partial charge in [0.2, 0.25) is 5.91 Å². The average molecular weight is 238 g/mol. The highest BCUT2D eigenvalue weighted by atomic mass is 16.2. The van der Waals surface area contributed by atoms with E-state index in [1.165, 1.54) is 25.7 Å². The van der Waals surface area contributed by atoms with E-state index >= 15 is 0 Å². The molecule has 98 valence electrons. The lowest BCUT2D eigenvalue weighted by Gasteiger charge is -2.28. The maximum Gasteiger partial charge on any atom is 0.240 e. The fourth-order valence-electron chi connectivity index (χ4n) is 2.83. The molecule has 0 saturated heterocycles. The molecule has 3 nitrogen and oxygen atoms in total. The summed E-state index contributed by atoms with van der Waals surface area (Å²) in [5, 5.41) is 3.06. The van der Waals surface area contributed by atoms with E-state index in [-0.39, 0.29) is 5.91 Å². The van der Waals surface area contributed by atoms with Crippen molar-refractivity contribution >= 4 is 5.91 Å². The standard InChI is InChI=1S/C14H26N2O/c1-10-3-5-11(6-4-10)9-16-13(17)14(2,15)12-7-8-12/h10-12H,3-9,15H2,1-2H3,(H,16,17). The van der Waals surface area contributed by atoms with Crippen LogP contribution >= 0.6 is 0 Å². The predicted octanol–water partition coefficient (Wildman–Crippen LogP) is 2.06. The van der Waals surface area contributed by atoms with Gasteiger partial charge in [0, 0.05) is 6.54 Å². The third-order valence-electron chi connectivity index (χ3n) is 4.60. The fourth-order valence-corrected chi connectivity index (χ4v) is 2.83. The van der Waals surface area contributed by atoms with E-state index in [2.05, 4.69) is 12.2 Å². The zero-order valence-corrected chi connectivity index (χ0v) is 11.2. The number of amides is 1. The number of nitrogens with one attached hydrogen (secondary N) is 1. The maximum absolute atomic E-state index is 12.0. The van der Waals surface area contributed by atoms with Crippen LogP contribution < -0.4 is 11.1 Å². The third-order valence-corrected chi connectivity index (χ3v) is 4.60. The van der Waals surface area contributed by atoms with Crippen LogP contribution in [0.1, 0.15) is 52.4 Å². The molecule has 0 aliphatic heterocycles. The Balaban J connectivity index is 1.72. The topological polar surface area (TPSA) is 55.1 Å². The summed E-state index contributed by atoms with van der Waals surface area (Å²) in [5.41, 5.74) is 5.45. The van der Waals surface area contributed by atoms with E-state index in [4.69, 9.17) is 5.73 Å². The van der Waals surface area contributed by atoms with E-state index < -0.39 is 5.54 Å². The first-order valence-corrected chi connectivity index (χ1v) is 7.07. The molecule has 1 atom stereocenters. The second-order valence-electron chi connectivity index (χ2n) is 6.39. The fraction of sp³-hybridized carbons (Fsp3) is 0.929. The molecule has 3 heteroatoms. The predicted molar refractivity (Wildman–Crippen MR) is 69.4 cm³/mol. The van der Waals surface area contributed by atoms with Crippen LogP contribution in [-0.2, 0) is 4.79 Å². The molecule has 2 aliphatic rings. The molecule has 1 amide bonds. The van der Waals surface area contributed by atoms with Gasteiger partial charge in [-0.05, 0) is 50.4 Å². The Bertz CT molecular complexity index is 276. The van der Waals surface area contributed by atoms with E-state index in [1.807, 2.05) is 6.92 Å². The number of hydrogen-bond acceptors (Lipinski definition) is 2.